The van der Waals surface area contributed by atoms with E-state index in [1.807, 2.05) is 6.08 Å². The summed E-state index contributed by atoms with van der Waals surface area (Å²) in [5.41, 5.74) is 0. The van der Waals surface area contributed by atoms with Crippen molar-refractivity contribution in [2.45, 2.75) is 12.6 Å². The van der Waals surface area contributed by atoms with Gasteiger partial charge in [-0.25, -0.2) is 0 Å². The summed E-state index contributed by atoms with van der Waals surface area (Å²) in [6, 6.07) is 0. The van der Waals surface area contributed by atoms with Crippen LogP contribution in [0, 0.1) is 0 Å². The molecule has 0 aromatic carbocycles. The molecule has 7 heavy (non-hydrogen) atoms. The fourth-order valence-electron chi connectivity index (χ4n) is 0.310. The molecule has 0 saturated carbocycles. The van der Waals surface area contributed by atoms with Gasteiger partial charge in [-0.1, -0.05) is 0 Å². The zero-order valence-electron chi connectivity index (χ0n) is 4.43. The van der Waals surface area contributed by atoms with Crippen LogP contribution in [0.1, 0.15) is 0 Å². The van der Waals surface area contributed by atoms with Gasteiger partial charge in [0.05, 0.1) is 0 Å². The molecule has 0 atom stereocenters. The first-order chi connectivity index (χ1) is 3.41. The topological polar surface area (TPSA) is 0 Å². The SMILES string of the molecule is [B]=CC[B]CC=C. The van der Waals surface area contributed by atoms with Crippen molar-refractivity contribution in [3.63, 3.8) is 0 Å². The fourth-order valence-corrected chi connectivity index (χ4v) is 0.310. The van der Waals surface area contributed by atoms with Crippen molar-refractivity contribution in [3.8, 4) is 0 Å². The van der Waals surface area contributed by atoms with E-state index >= 15 is 0 Å². The van der Waals surface area contributed by atoms with Gasteiger partial charge in [0.2, 0.25) is 0 Å². The Morgan fingerprint density at radius 3 is 2.71 bits per heavy atom. The zero-order chi connectivity index (χ0) is 5.54. The first kappa shape index (κ1) is 6.74. The van der Waals surface area contributed by atoms with Crippen LogP contribution in [0.4, 0.5) is 0 Å². The Labute approximate surface area is 46.9 Å². The molecule has 0 amide bonds. The molecule has 0 aliphatic heterocycles. The molecule has 0 fully saturated rings. The van der Waals surface area contributed by atoms with E-state index in [-0.39, 0.29) is 0 Å². The quantitative estimate of drug-likeness (QED) is 0.270. The summed E-state index contributed by atoms with van der Waals surface area (Å²) in [4.78, 5) is 0. The number of hydrogen-bond acceptors (Lipinski definition) is 0. The standard InChI is InChI=1S/C5H8B2/c1-2-4-7-5-3-6/h2-3H,1,4-5H2. The molecule has 2 heteroatoms. The predicted molar refractivity (Wildman–Crippen MR) is 37.4 cm³/mol. The Hall–Kier alpha value is -0.260. The fraction of sp³-hybridized carbons (Fsp3) is 0.400. The van der Waals surface area contributed by atoms with Crippen molar-refractivity contribution in [2.75, 3.05) is 0 Å². The zero-order valence-corrected chi connectivity index (χ0v) is 4.43. The normalized spacial score (nSPS) is 7.29. The molecule has 0 heterocycles. The van der Waals surface area contributed by atoms with E-state index in [0.717, 1.165) is 12.6 Å². The molecule has 0 aliphatic rings. The molecule has 0 saturated heterocycles. The second-order valence-electron chi connectivity index (χ2n) is 1.28. The summed E-state index contributed by atoms with van der Waals surface area (Å²) >= 11 is 0. The third-order valence-corrected chi connectivity index (χ3v) is 0.636. The Morgan fingerprint density at radius 1 is 1.57 bits per heavy atom. The van der Waals surface area contributed by atoms with Crippen LogP contribution in [0.15, 0.2) is 12.7 Å². The van der Waals surface area contributed by atoms with E-state index < -0.39 is 0 Å². The molecule has 0 unspecified atom stereocenters. The van der Waals surface area contributed by atoms with Crippen LogP contribution in [-0.2, 0) is 0 Å². The van der Waals surface area contributed by atoms with Crippen molar-refractivity contribution in [2.24, 2.45) is 0 Å². The van der Waals surface area contributed by atoms with Gasteiger partial charge >= 0.3 is 46.0 Å². The third kappa shape index (κ3) is 5.74. The number of rotatable bonds is 4. The predicted octanol–water partition coefficient (Wildman–Crippen LogP) is 0.684. The van der Waals surface area contributed by atoms with Gasteiger partial charge in [0, 0.05) is 0 Å². The molecule has 0 aromatic heterocycles. The molecule has 0 bridgehead atoms. The van der Waals surface area contributed by atoms with Gasteiger partial charge in [-0.2, -0.15) is 0 Å². The first-order valence-electron chi connectivity index (χ1n) is 2.37. The average Bonchev–Trinajstić information content (AvgIpc) is 1.69. The van der Waals surface area contributed by atoms with Gasteiger partial charge in [-0.05, 0) is 0 Å². The van der Waals surface area contributed by atoms with Crippen molar-refractivity contribution in [1.29, 1.82) is 0 Å². The van der Waals surface area contributed by atoms with Crippen molar-refractivity contribution in [3.05, 3.63) is 12.7 Å². The van der Waals surface area contributed by atoms with Crippen molar-refractivity contribution in [1.82, 2.24) is 0 Å². The molecule has 0 aromatic rings. The van der Waals surface area contributed by atoms with E-state index in [0.29, 0.717) is 0 Å². The van der Waals surface area contributed by atoms with E-state index in [2.05, 4.69) is 13.9 Å². The molecule has 0 nitrogen and oxygen atoms in total. The Morgan fingerprint density at radius 2 is 2.29 bits per heavy atom. The van der Waals surface area contributed by atoms with Gasteiger partial charge in [0.15, 0.2) is 0 Å². The van der Waals surface area contributed by atoms with Crippen molar-refractivity contribution >= 4 is 20.7 Å². The number of hydrogen-bond donors (Lipinski definition) is 0. The molecule has 34 valence electrons. The Bertz CT molecular complexity index is 51.1. The summed E-state index contributed by atoms with van der Waals surface area (Å²) in [6.45, 7) is 3.55. The summed E-state index contributed by atoms with van der Waals surface area (Å²) in [5.74, 6) is 1.63. The van der Waals surface area contributed by atoms with E-state index in [1.165, 1.54) is 0 Å². The second-order valence-corrected chi connectivity index (χ2v) is 1.28. The van der Waals surface area contributed by atoms with Gasteiger partial charge in [0.25, 0.3) is 0 Å². The van der Waals surface area contributed by atoms with Crippen LogP contribution in [-0.4, -0.2) is 20.7 Å². The maximum absolute atomic E-state index is 5.08. The maximum atomic E-state index is 5.08. The van der Waals surface area contributed by atoms with Crippen LogP contribution in [0.3, 0.4) is 0 Å². The van der Waals surface area contributed by atoms with Crippen LogP contribution in [0.5, 0.6) is 0 Å². The summed E-state index contributed by atoms with van der Waals surface area (Å²) in [5, 5.41) is 0. The second kappa shape index (κ2) is 5.74. The Kier molecular flexibility index (Phi) is 5.53. The molecular weight excluding hydrogens is 81.7 g/mol. The minimum atomic E-state index is 0.881. The summed E-state index contributed by atoms with van der Waals surface area (Å²) in [7, 11) is 7.14. The first-order valence-corrected chi connectivity index (χ1v) is 2.37. The Balaban J connectivity index is 2.68. The van der Waals surface area contributed by atoms with Gasteiger partial charge in [0.1, 0.15) is 0 Å². The minimum absolute atomic E-state index is 0.881. The van der Waals surface area contributed by atoms with Crippen LogP contribution in [0.2, 0.25) is 12.6 Å². The van der Waals surface area contributed by atoms with Crippen LogP contribution >= 0.6 is 0 Å². The van der Waals surface area contributed by atoms with Gasteiger partial charge < -0.3 is 0 Å². The van der Waals surface area contributed by atoms with E-state index in [4.69, 9.17) is 7.49 Å². The summed E-state index contributed by atoms with van der Waals surface area (Å²) < 4.78 is 0. The molecule has 0 spiro atoms. The third-order valence-electron chi connectivity index (χ3n) is 0.636. The van der Waals surface area contributed by atoms with E-state index in [9.17, 15) is 0 Å². The molecule has 2 radical (unpaired) electrons. The van der Waals surface area contributed by atoms with Gasteiger partial charge in [-0.15, -0.1) is 0 Å². The molecule has 0 N–H and O–H groups in total. The van der Waals surface area contributed by atoms with Crippen LogP contribution < -0.4 is 0 Å². The monoisotopic (exact) mass is 90.1 g/mol. The molecular formula is C5H8B2. The van der Waals surface area contributed by atoms with Crippen molar-refractivity contribution < 1.29 is 0 Å². The van der Waals surface area contributed by atoms with Gasteiger partial charge in [-0.3, -0.25) is 0 Å². The summed E-state index contributed by atoms with van der Waals surface area (Å²) in [6.07, 6.45) is 3.68. The number of allylic oxidation sites excluding steroid dienone is 1. The molecule has 0 aliphatic carbocycles. The average molecular weight is 89.7 g/mol. The van der Waals surface area contributed by atoms with E-state index in [1.54, 1.807) is 5.97 Å². The van der Waals surface area contributed by atoms with Crippen LogP contribution in [0.25, 0.3) is 0 Å². The molecule has 0 rings (SSSR count).